The maximum Gasteiger partial charge on any atom is 0.357 e. The van der Waals surface area contributed by atoms with Gasteiger partial charge in [0.15, 0.2) is 0 Å². The highest BCUT2D eigenvalue weighted by atomic mass is 19.2. The van der Waals surface area contributed by atoms with Gasteiger partial charge in [-0.1, -0.05) is 9.27 Å². The molecule has 0 fully saturated rings. The zero-order chi connectivity index (χ0) is 7.72. The fraction of sp³-hybridized carbons (Fsp3) is 0. The van der Waals surface area contributed by atoms with Crippen LogP contribution in [0.25, 0.3) is 0 Å². The molecule has 0 aliphatic carbocycles. The number of nitrogens with zero attached hydrogens (tertiary/aromatic N) is 1. The fourth-order valence-corrected chi connectivity index (χ4v) is 0.463. The molecule has 0 aliphatic heterocycles. The molecule has 0 bridgehead atoms. The van der Waals surface area contributed by atoms with Crippen LogP contribution in [0.2, 0.25) is 0 Å². The Labute approximate surface area is 53.8 Å². The van der Waals surface area contributed by atoms with Crippen molar-refractivity contribution in [1.29, 1.82) is 0 Å². The summed E-state index contributed by atoms with van der Waals surface area (Å²) in [7, 11) is 0. The first-order chi connectivity index (χ1) is 4.63. The Morgan fingerprint density at radius 2 is 2.20 bits per heavy atom. The quantitative estimate of drug-likeness (QED) is 0.483. The van der Waals surface area contributed by atoms with Gasteiger partial charge in [-0.15, -0.1) is 0 Å². The minimum atomic E-state index is -1.14. The summed E-state index contributed by atoms with van der Waals surface area (Å²) in [6.45, 7) is 0. The zero-order valence-electron chi connectivity index (χ0n) is 4.80. The van der Waals surface area contributed by atoms with Crippen LogP contribution in [0, 0.1) is 0 Å². The smallest absolute Gasteiger partial charge is 0.357 e. The first-order valence-corrected chi connectivity index (χ1v) is 2.39. The maximum absolute atomic E-state index is 12.2. The lowest BCUT2D eigenvalue weighted by Crippen LogP contribution is -2.31. The summed E-state index contributed by atoms with van der Waals surface area (Å²) < 4.78 is 12.2. The number of H-pyrrole nitrogens is 1. The Hall–Kier alpha value is -1.59. The van der Waals surface area contributed by atoms with Gasteiger partial charge in [0.25, 0.3) is 0 Å². The van der Waals surface area contributed by atoms with Crippen molar-refractivity contribution >= 4 is 5.69 Å². The van der Waals surface area contributed by atoms with Crippen molar-refractivity contribution in [2.45, 2.75) is 0 Å². The van der Waals surface area contributed by atoms with E-state index in [-0.39, 0.29) is 5.69 Å². The number of nitrogens with one attached hydrogen (secondary N) is 1. The molecule has 0 saturated carbocycles. The molecule has 0 radical (unpaired) electrons. The molecular weight excluding hydrogens is 141 g/mol. The second kappa shape index (κ2) is 1.98. The van der Waals surface area contributed by atoms with Gasteiger partial charge in [-0.25, -0.2) is 4.79 Å². The Bertz CT molecular complexity index is 352. The van der Waals surface area contributed by atoms with Gasteiger partial charge < -0.3 is 10.7 Å². The molecule has 1 aromatic heterocycles. The van der Waals surface area contributed by atoms with Crippen LogP contribution in [-0.4, -0.2) is 9.77 Å². The molecule has 0 aliphatic rings. The topological polar surface area (TPSA) is 80.9 Å². The maximum atomic E-state index is 12.2. The molecule has 1 rings (SSSR count). The predicted molar refractivity (Wildman–Crippen MR) is 32.2 cm³/mol. The molecule has 0 unspecified atom stereocenters. The van der Waals surface area contributed by atoms with Crippen molar-refractivity contribution in [2.24, 2.45) is 0 Å². The second-order valence-corrected chi connectivity index (χ2v) is 1.64. The van der Waals surface area contributed by atoms with Crippen LogP contribution < -0.4 is 17.0 Å². The number of aromatic nitrogens is 2. The number of nitrogen functional groups attached to an aromatic ring is 1. The van der Waals surface area contributed by atoms with E-state index in [1.165, 1.54) is 0 Å². The van der Waals surface area contributed by atoms with Crippen molar-refractivity contribution in [3.63, 3.8) is 0 Å². The SMILES string of the molecule is Nc1c[nH]c(=O)n(F)c1=O. The molecule has 0 spiro atoms. The van der Waals surface area contributed by atoms with Crippen molar-refractivity contribution in [2.75, 3.05) is 5.73 Å². The van der Waals surface area contributed by atoms with Gasteiger partial charge in [0.2, 0.25) is 0 Å². The van der Waals surface area contributed by atoms with Crippen LogP contribution in [0.4, 0.5) is 10.2 Å². The molecule has 1 aromatic rings. The number of nitrogens with two attached hydrogens (primary N) is 1. The molecule has 3 N–H and O–H groups in total. The van der Waals surface area contributed by atoms with E-state index in [4.69, 9.17) is 5.73 Å². The van der Waals surface area contributed by atoms with E-state index >= 15 is 0 Å². The highest BCUT2D eigenvalue weighted by Crippen LogP contribution is 1.81. The number of hydrogen-bond acceptors (Lipinski definition) is 3. The molecule has 0 atom stereocenters. The third-order valence-electron chi connectivity index (χ3n) is 0.955. The van der Waals surface area contributed by atoms with Crippen molar-refractivity contribution in [3.05, 3.63) is 27.0 Å². The average molecular weight is 145 g/mol. The van der Waals surface area contributed by atoms with Gasteiger partial charge in [-0.2, -0.15) is 0 Å². The third kappa shape index (κ3) is 0.790. The van der Waals surface area contributed by atoms with Crippen LogP contribution in [0.5, 0.6) is 0 Å². The summed E-state index contributed by atoms with van der Waals surface area (Å²) in [6.07, 6.45) is 0.945. The number of aromatic amines is 1. The molecule has 10 heavy (non-hydrogen) atoms. The predicted octanol–water partition coefficient (Wildman–Crippen LogP) is -1.15. The largest absolute Gasteiger partial charge is 0.393 e. The molecule has 0 aromatic carbocycles. The van der Waals surface area contributed by atoms with Crippen molar-refractivity contribution < 1.29 is 4.48 Å². The summed E-state index contributed by atoms with van der Waals surface area (Å²) in [5.74, 6) is 0. The molecule has 0 amide bonds. The number of rotatable bonds is 0. The van der Waals surface area contributed by atoms with Crippen LogP contribution in [-0.2, 0) is 0 Å². The summed E-state index contributed by atoms with van der Waals surface area (Å²) >= 11 is 0. The van der Waals surface area contributed by atoms with Gasteiger partial charge in [-0.05, 0) is 0 Å². The molecule has 1 heterocycles. The summed E-state index contributed by atoms with van der Waals surface area (Å²) in [5.41, 5.74) is 2.35. The summed E-state index contributed by atoms with van der Waals surface area (Å²) in [4.78, 5) is 22.0. The van der Waals surface area contributed by atoms with Crippen LogP contribution in [0.15, 0.2) is 15.8 Å². The normalized spacial score (nSPS) is 9.70. The van der Waals surface area contributed by atoms with Gasteiger partial charge in [0, 0.05) is 6.20 Å². The number of hydrogen-bond donors (Lipinski definition) is 2. The molecule has 0 saturated heterocycles. The highest BCUT2D eigenvalue weighted by molar-refractivity contribution is 5.29. The Morgan fingerprint density at radius 1 is 1.60 bits per heavy atom. The van der Waals surface area contributed by atoms with E-state index < -0.39 is 16.0 Å². The lowest BCUT2D eigenvalue weighted by molar-refractivity contribution is 0.331. The number of anilines is 1. The monoisotopic (exact) mass is 145 g/mol. The van der Waals surface area contributed by atoms with E-state index in [1.54, 1.807) is 0 Å². The zero-order valence-corrected chi connectivity index (χ0v) is 4.80. The Morgan fingerprint density at radius 3 is 2.70 bits per heavy atom. The standard InChI is InChI=1S/C4H4FN3O2/c5-8-3(9)2(6)1-7-4(8)10/h1H,6H2,(H,7,10). The lowest BCUT2D eigenvalue weighted by atomic mass is 10.6. The van der Waals surface area contributed by atoms with Gasteiger partial charge in [0.05, 0.1) is 0 Å². The van der Waals surface area contributed by atoms with Crippen LogP contribution >= 0.6 is 0 Å². The van der Waals surface area contributed by atoms with Crippen LogP contribution in [0.3, 0.4) is 0 Å². The third-order valence-corrected chi connectivity index (χ3v) is 0.955. The van der Waals surface area contributed by atoms with Gasteiger partial charge in [-0.3, -0.25) is 4.79 Å². The summed E-state index contributed by atoms with van der Waals surface area (Å²) in [5, 5.41) is 0. The van der Waals surface area contributed by atoms with Gasteiger partial charge >= 0.3 is 11.2 Å². The molecular formula is C4H4FN3O2. The van der Waals surface area contributed by atoms with E-state index in [9.17, 15) is 14.1 Å². The Kier molecular flexibility index (Phi) is 1.29. The van der Waals surface area contributed by atoms with Crippen molar-refractivity contribution in [3.8, 4) is 0 Å². The first kappa shape index (κ1) is 6.53. The highest BCUT2D eigenvalue weighted by Gasteiger charge is 2.00. The summed E-state index contributed by atoms with van der Waals surface area (Å²) in [6, 6.07) is 0. The lowest BCUT2D eigenvalue weighted by Gasteiger charge is -1.90. The van der Waals surface area contributed by atoms with E-state index in [0.717, 1.165) is 6.20 Å². The van der Waals surface area contributed by atoms with Crippen LogP contribution in [0.1, 0.15) is 0 Å². The van der Waals surface area contributed by atoms with E-state index in [2.05, 4.69) is 0 Å². The van der Waals surface area contributed by atoms with Gasteiger partial charge in [0.1, 0.15) is 5.69 Å². The first-order valence-electron chi connectivity index (χ1n) is 2.39. The van der Waals surface area contributed by atoms with E-state index in [1.807, 2.05) is 4.98 Å². The Balaban J connectivity index is 3.66. The molecule has 6 heteroatoms. The minimum absolute atomic E-state index is 0.331. The van der Waals surface area contributed by atoms with Crippen molar-refractivity contribution in [1.82, 2.24) is 9.77 Å². The number of halogens is 1. The fourth-order valence-electron chi connectivity index (χ4n) is 0.463. The second-order valence-electron chi connectivity index (χ2n) is 1.64. The average Bonchev–Trinajstić information content (AvgIpc) is 1.93. The minimum Gasteiger partial charge on any atom is -0.393 e. The van der Waals surface area contributed by atoms with E-state index in [0.29, 0.717) is 0 Å². The molecule has 54 valence electrons. The molecule has 5 nitrogen and oxygen atoms in total.